The number of anilines is 1. The quantitative estimate of drug-likeness (QED) is 0.232. The molecule has 0 aliphatic carbocycles. The van der Waals surface area contributed by atoms with E-state index in [0.29, 0.717) is 5.56 Å². The van der Waals surface area contributed by atoms with Crippen LogP contribution in [0.4, 0.5) is 5.69 Å². The van der Waals surface area contributed by atoms with Crippen LogP contribution < -0.4 is 5.09 Å². The van der Waals surface area contributed by atoms with Gasteiger partial charge < -0.3 is 30.2 Å². The average Bonchev–Trinajstić information content (AvgIpc) is 2.48. The molecule has 25 heavy (non-hydrogen) atoms. The van der Waals surface area contributed by atoms with Crippen molar-refractivity contribution in [2.45, 2.75) is 25.0 Å². The van der Waals surface area contributed by atoms with Crippen molar-refractivity contribution in [3.05, 3.63) is 53.6 Å². The van der Waals surface area contributed by atoms with E-state index in [0.717, 1.165) is 18.2 Å². The summed E-state index contributed by atoms with van der Waals surface area (Å²) in [6.45, 7) is 1.69. The Bertz CT molecular complexity index is 803. The molecule has 0 spiro atoms. The normalized spacial score (nSPS) is 13.5. The molecule has 1 atom stereocenters. The highest BCUT2D eigenvalue weighted by atomic mass is 31.2. The lowest BCUT2D eigenvalue weighted by Gasteiger charge is -2.33. The summed E-state index contributed by atoms with van der Waals surface area (Å²) in [6, 6.07) is 9.25. The van der Waals surface area contributed by atoms with Crippen molar-refractivity contribution < 1.29 is 34.8 Å². The average molecular weight is 369 g/mol. The summed E-state index contributed by atoms with van der Waals surface area (Å²) in [7, 11) is -4.71. The molecule has 0 aliphatic heterocycles. The van der Waals surface area contributed by atoms with Gasteiger partial charge in [-0.2, -0.15) is 0 Å². The molecule has 0 amide bonds. The van der Waals surface area contributed by atoms with Crippen LogP contribution >= 0.6 is 7.75 Å². The van der Waals surface area contributed by atoms with E-state index in [-0.39, 0.29) is 29.2 Å². The van der Waals surface area contributed by atoms with Crippen LogP contribution in [0.3, 0.4) is 0 Å². The summed E-state index contributed by atoms with van der Waals surface area (Å²) < 4.78 is 11.2. The van der Waals surface area contributed by atoms with Gasteiger partial charge in [-0.15, -0.1) is 0 Å². The van der Waals surface area contributed by atoms with Gasteiger partial charge in [0.2, 0.25) is 0 Å². The zero-order chi connectivity index (χ0) is 18.8. The number of aliphatic hydroxyl groups is 2. The molecular formula is C16H20NO7P. The van der Waals surface area contributed by atoms with Gasteiger partial charge >= 0.3 is 7.75 Å². The summed E-state index contributed by atoms with van der Waals surface area (Å²) in [4.78, 5) is 18.2. The zero-order valence-corrected chi connectivity index (χ0v) is 14.3. The second-order valence-electron chi connectivity index (χ2n) is 5.67. The maximum atomic E-state index is 11.2. The third-order valence-corrected chi connectivity index (χ3v) is 4.36. The van der Waals surface area contributed by atoms with E-state index in [4.69, 9.17) is 9.79 Å². The van der Waals surface area contributed by atoms with Crippen LogP contribution in [0.15, 0.2) is 42.5 Å². The van der Waals surface area contributed by atoms with Crippen LogP contribution in [0.1, 0.15) is 30.4 Å². The molecule has 0 saturated heterocycles. The van der Waals surface area contributed by atoms with E-state index in [1.165, 1.54) is 12.1 Å². The predicted molar refractivity (Wildman–Crippen MR) is 91.0 cm³/mol. The number of phenolic OH excluding ortho intramolecular Hbond substituents is 2. The molecule has 8 nitrogen and oxygen atoms in total. The smallest absolute Gasteiger partial charge is 0.427 e. The summed E-state index contributed by atoms with van der Waals surface area (Å²) in [5, 5.41) is 42.7. The Labute approximate surface area is 144 Å². The fourth-order valence-corrected chi connectivity index (χ4v) is 3.28. The Morgan fingerprint density at radius 1 is 1.08 bits per heavy atom. The number of phenols is 2. The van der Waals surface area contributed by atoms with E-state index in [2.05, 4.69) is 0 Å². The lowest BCUT2D eigenvalue weighted by atomic mass is 9.83. The molecule has 2 aromatic rings. The third kappa shape index (κ3) is 4.50. The first-order chi connectivity index (χ1) is 11.5. The number of hydrogen-bond acceptors (Lipinski definition) is 5. The van der Waals surface area contributed by atoms with Crippen molar-refractivity contribution in [3.63, 3.8) is 0 Å². The van der Waals surface area contributed by atoms with Gasteiger partial charge in [0.05, 0.1) is 5.69 Å². The first kappa shape index (κ1) is 19.2. The predicted octanol–water partition coefficient (Wildman–Crippen LogP) is 1.93. The minimum absolute atomic E-state index is 0.0591. The van der Waals surface area contributed by atoms with Crippen LogP contribution in [0.25, 0.3) is 0 Å². The van der Waals surface area contributed by atoms with Gasteiger partial charge in [0.15, 0.2) is 5.79 Å². The summed E-state index contributed by atoms with van der Waals surface area (Å²) in [5.41, 5.74) is -0.112. The SMILES string of the molecule is CCC(c1cccc(O)c1)C(O)(O)c1cc(O)ccc1NP(=O)(O)O. The van der Waals surface area contributed by atoms with Crippen molar-refractivity contribution in [1.82, 2.24) is 0 Å². The molecule has 9 heteroatoms. The maximum Gasteiger partial charge on any atom is 0.427 e. The number of nitrogens with one attached hydrogen (secondary N) is 1. The van der Waals surface area contributed by atoms with Crippen LogP contribution in [0.5, 0.6) is 11.5 Å². The molecule has 136 valence electrons. The molecule has 7 N–H and O–H groups in total. The molecule has 0 radical (unpaired) electrons. The van der Waals surface area contributed by atoms with Crippen LogP contribution in [0, 0.1) is 0 Å². The number of rotatable bonds is 6. The third-order valence-electron chi connectivity index (χ3n) is 3.83. The van der Waals surface area contributed by atoms with Gasteiger partial charge in [-0.25, -0.2) is 4.57 Å². The molecule has 0 fully saturated rings. The van der Waals surface area contributed by atoms with Crippen LogP contribution in [-0.4, -0.2) is 30.2 Å². The van der Waals surface area contributed by atoms with E-state index >= 15 is 0 Å². The van der Waals surface area contributed by atoms with E-state index < -0.39 is 19.5 Å². The standard InChI is InChI=1S/C16H20NO7P/c1-2-13(10-4-3-5-11(18)8-10)16(20,21)14-9-12(19)6-7-15(14)17-25(22,23)24/h3-9,13,18-21H,2H2,1H3,(H3,17,22,23,24). The molecular weight excluding hydrogens is 349 g/mol. The van der Waals surface area contributed by atoms with E-state index in [1.807, 2.05) is 5.09 Å². The van der Waals surface area contributed by atoms with Crippen molar-refractivity contribution in [2.75, 3.05) is 5.09 Å². The number of benzene rings is 2. The van der Waals surface area contributed by atoms with Gasteiger partial charge in [-0.1, -0.05) is 19.1 Å². The second-order valence-corrected chi connectivity index (χ2v) is 6.98. The lowest BCUT2D eigenvalue weighted by Crippen LogP contribution is -2.33. The van der Waals surface area contributed by atoms with Crippen molar-refractivity contribution >= 4 is 13.4 Å². The fraction of sp³-hybridized carbons (Fsp3) is 0.250. The van der Waals surface area contributed by atoms with Gasteiger partial charge in [0.25, 0.3) is 0 Å². The Morgan fingerprint density at radius 2 is 1.72 bits per heavy atom. The molecule has 0 saturated carbocycles. The van der Waals surface area contributed by atoms with Gasteiger partial charge in [0.1, 0.15) is 11.5 Å². The Balaban J connectivity index is 2.57. The highest BCUT2D eigenvalue weighted by Gasteiger charge is 2.39. The highest BCUT2D eigenvalue weighted by molar-refractivity contribution is 7.53. The monoisotopic (exact) mass is 369 g/mol. The minimum atomic E-state index is -4.71. The molecule has 2 rings (SSSR count). The first-order valence-electron chi connectivity index (χ1n) is 7.45. The van der Waals surface area contributed by atoms with E-state index in [9.17, 15) is 25.0 Å². The Morgan fingerprint density at radius 3 is 2.28 bits per heavy atom. The highest BCUT2D eigenvalue weighted by Crippen LogP contribution is 2.45. The first-order valence-corrected chi connectivity index (χ1v) is 9.07. The topological polar surface area (TPSA) is 150 Å². The summed E-state index contributed by atoms with van der Waals surface area (Å²) in [6.07, 6.45) is 0.238. The maximum absolute atomic E-state index is 11.2. The Kier molecular flexibility index (Phi) is 5.41. The summed E-state index contributed by atoms with van der Waals surface area (Å²) >= 11 is 0. The van der Waals surface area contributed by atoms with Crippen LogP contribution in [-0.2, 0) is 10.4 Å². The molecule has 1 unspecified atom stereocenters. The number of aromatic hydroxyl groups is 2. The van der Waals surface area contributed by atoms with Gasteiger partial charge in [-0.05, 0) is 42.3 Å². The molecule has 0 aliphatic rings. The summed E-state index contributed by atoms with van der Waals surface area (Å²) in [5.74, 6) is -3.86. The van der Waals surface area contributed by atoms with Crippen molar-refractivity contribution in [1.29, 1.82) is 0 Å². The zero-order valence-electron chi connectivity index (χ0n) is 13.4. The largest absolute Gasteiger partial charge is 0.508 e. The van der Waals surface area contributed by atoms with Crippen molar-refractivity contribution in [3.8, 4) is 11.5 Å². The second kappa shape index (κ2) is 7.03. The Hall–Kier alpha value is -2.09. The fourth-order valence-electron chi connectivity index (χ4n) is 2.77. The van der Waals surface area contributed by atoms with Gasteiger partial charge in [-0.3, -0.25) is 5.09 Å². The molecule has 0 aromatic heterocycles. The lowest BCUT2D eigenvalue weighted by molar-refractivity contribution is -0.188. The van der Waals surface area contributed by atoms with Gasteiger partial charge in [0, 0.05) is 11.5 Å². The minimum Gasteiger partial charge on any atom is -0.508 e. The van der Waals surface area contributed by atoms with E-state index in [1.54, 1.807) is 19.1 Å². The molecule has 2 aromatic carbocycles. The number of hydrogen-bond donors (Lipinski definition) is 7. The van der Waals surface area contributed by atoms with Crippen LogP contribution in [0.2, 0.25) is 0 Å². The van der Waals surface area contributed by atoms with Crippen molar-refractivity contribution in [2.24, 2.45) is 0 Å². The molecule has 0 heterocycles. The molecule has 0 bridgehead atoms.